The molecule has 1 aliphatic heterocycles. The Hall–Kier alpha value is 0.270. The Kier molecular flexibility index (Phi) is 8.33. The fraction of sp³-hybridized carbons (Fsp3) is 1.00. The van der Waals surface area contributed by atoms with Gasteiger partial charge in [-0.1, -0.05) is 13.8 Å². The van der Waals surface area contributed by atoms with Gasteiger partial charge in [-0.25, -0.2) is 0 Å². The van der Waals surface area contributed by atoms with Gasteiger partial charge in [0.05, 0.1) is 0 Å². The van der Waals surface area contributed by atoms with Crippen molar-refractivity contribution in [3.05, 3.63) is 0 Å². The molecule has 102 valence electrons. The molecule has 0 aromatic heterocycles. The summed E-state index contributed by atoms with van der Waals surface area (Å²) in [4.78, 5) is 2.66. The lowest BCUT2D eigenvalue weighted by Crippen LogP contribution is -2.48. The first-order valence-corrected chi connectivity index (χ1v) is 8.62. The standard InChI is InChI=1S/C14H30N2S/c1-4-8-15-14-7-10-16(12-13(14)2)9-5-6-11-17-3/h13-15H,4-12H2,1-3H3. The lowest BCUT2D eigenvalue weighted by atomic mass is 9.93. The van der Waals surface area contributed by atoms with Crippen LogP contribution in [-0.2, 0) is 0 Å². The van der Waals surface area contributed by atoms with Crippen LogP contribution in [0.25, 0.3) is 0 Å². The summed E-state index contributed by atoms with van der Waals surface area (Å²) >= 11 is 1.97. The zero-order chi connectivity index (χ0) is 12.5. The van der Waals surface area contributed by atoms with E-state index in [9.17, 15) is 0 Å². The molecule has 0 spiro atoms. The van der Waals surface area contributed by atoms with Crippen LogP contribution in [-0.4, -0.2) is 49.1 Å². The molecule has 0 bridgehead atoms. The summed E-state index contributed by atoms with van der Waals surface area (Å²) < 4.78 is 0. The molecule has 1 heterocycles. The number of hydrogen-bond donors (Lipinski definition) is 1. The summed E-state index contributed by atoms with van der Waals surface area (Å²) in [6.07, 6.45) is 7.54. The van der Waals surface area contributed by atoms with Crippen LogP contribution in [0.5, 0.6) is 0 Å². The second-order valence-electron chi connectivity index (χ2n) is 5.33. The van der Waals surface area contributed by atoms with Crippen molar-refractivity contribution in [1.29, 1.82) is 0 Å². The number of piperidine rings is 1. The number of likely N-dealkylation sites (tertiary alicyclic amines) is 1. The third-order valence-corrected chi connectivity index (χ3v) is 4.42. The number of rotatable bonds is 8. The molecule has 0 amide bonds. The highest BCUT2D eigenvalue weighted by molar-refractivity contribution is 7.98. The number of thioether (sulfide) groups is 1. The number of nitrogens with zero attached hydrogens (tertiary/aromatic N) is 1. The summed E-state index contributed by atoms with van der Waals surface area (Å²) in [5.74, 6) is 2.14. The van der Waals surface area contributed by atoms with E-state index in [0.29, 0.717) is 0 Å². The summed E-state index contributed by atoms with van der Waals surface area (Å²) in [6, 6.07) is 0.761. The SMILES string of the molecule is CCCNC1CCN(CCCCSC)CC1C. The Labute approximate surface area is 112 Å². The second-order valence-corrected chi connectivity index (χ2v) is 6.31. The van der Waals surface area contributed by atoms with Crippen LogP contribution in [0, 0.1) is 5.92 Å². The average molecular weight is 258 g/mol. The quantitative estimate of drug-likeness (QED) is 0.674. The summed E-state index contributed by atoms with van der Waals surface area (Å²) in [5.41, 5.74) is 0. The van der Waals surface area contributed by atoms with Crippen molar-refractivity contribution in [2.75, 3.05) is 38.2 Å². The van der Waals surface area contributed by atoms with Crippen molar-refractivity contribution in [1.82, 2.24) is 10.2 Å². The maximum atomic E-state index is 3.69. The van der Waals surface area contributed by atoms with E-state index in [1.807, 2.05) is 11.8 Å². The van der Waals surface area contributed by atoms with E-state index in [4.69, 9.17) is 0 Å². The highest BCUT2D eigenvalue weighted by atomic mass is 32.2. The van der Waals surface area contributed by atoms with Crippen LogP contribution in [0.1, 0.15) is 39.5 Å². The second kappa shape index (κ2) is 9.23. The predicted octanol–water partition coefficient (Wildman–Crippen LogP) is 2.84. The minimum atomic E-state index is 0.761. The van der Waals surface area contributed by atoms with Gasteiger partial charge in [-0.2, -0.15) is 11.8 Å². The first-order valence-electron chi connectivity index (χ1n) is 7.22. The minimum Gasteiger partial charge on any atom is -0.314 e. The van der Waals surface area contributed by atoms with Crippen molar-refractivity contribution < 1.29 is 0 Å². The Balaban J connectivity index is 2.13. The predicted molar refractivity (Wildman–Crippen MR) is 79.9 cm³/mol. The van der Waals surface area contributed by atoms with Gasteiger partial charge in [0.1, 0.15) is 0 Å². The lowest BCUT2D eigenvalue weighted by molar-refractivity contribution is 0.146. The largest absolute Gasteiger partial charge is 0.314 e. The van der Waals surface area contributed by atoms with Crippen molar-refractivity contribution in [3.8, 4) is 0 Å². The maximum absolute atomic E-state index is 3.69. The van der Waals surface area contributed by atoms with Crippen molar-refractivity contribution >= 4 is 11.8 Å². The molecule has 17 heavy (non-hydrogen) atoms. The third kappa shape index (κ3) is 6.12. The molecule has 2 atom stereocenters. The van der Waals surface area contributed by atoms with E-state index < -0.39 is 0 Å². The number of unbranched alkanes of at least 4 members (excludes halogenated alkanes) is 1. The van der Waals surface area contributed by atoms with E-state index in [-0.39, 0.29) is 0 Å². The molecule has 0 aromatic carbocycles. The topological polar surface area (TPSA) is 15.3 Å². The maximum Gasteiger partial charge on any atom is 0.0117 e. The molecule has 0 saturated carbocycles. The van der Waals surface area contributed by atoms with E-state index in [1.165, 1.54) is 57.6 Å². The van der Waals surface area contributed by atoms with Gasteiger partial charge >= 0.3 is 0 Å². The molecule has 1 rings (SSSR count). The molecule has 3 heteroatoms. The van der Waals surface area contributed by atoms with Crippen LogP contribution in [0.15, 0.2) is 0 Å². The van der Waals surface area contributed by atoms with Gasteiger partial charge < -0.3 is 10.2 Å². The van der Waals surface area contributed by atoms with Crippen molar-refractivity contribution in [2.45, 2.75) is 45.6 Å². The first kappa shape index (κ1) is 15.3. The minimum absolute atomic E-state index is 0.761. The van der Waals surface area contributed by atoms with Gasteiger partial charge in [-0.3, -0.25) is 0 Å². The lowest BCUT2D eigenvalue weighted by Gasteiger charge is -2.37. The van der Waals surface area contributed by atoms with Crippen LogP contribution < -0.4 is 5.32 Å². The van der Waals surface area contributed by atoms with Gasteiger partial charge in [0.25, 0.3) is 0 Å². The molecule has 1 fully saturated rings. The Morgan fingerprint density at radius 2 is 2.18 bits per heavy atom. The highest BCUT2D eigenvalue weighted by Crippen LogP contribution is 2.17. The zero-order valence-corrected chi connectivity index (χ0v) is 12.7. The molecule has 1 saturated heterocycles. The summed E-state index contributed by atoms with van der Waals surface area (Å²) in [6.45, 7) is 9.74. The Morgan fingerprint density at radius 3 is 2.82 bits per heavy atom. The Morgan fingerprint density at radius 1 is 1.35 bits per heavy atom. The smallest absolute Gasteiger partial charge is 0.0117 e. The molecular weight excluding hydrogens is 228 g/mol. The van der Waals surface area contributed by atoms with E-state index in [1.54, 1.807) is 0 Å². The van der Waals surface area contributed by atoms with Crippen LogP contribution >= 0.6 is 11.8 Å². The number of nitrogens with one attached hydrogen (secondary N) is 1. The van der Waals surface area contributed by atoms with Crippen molar-refractivity contribution in [3.63, 3.8) is 0 Å². The molecule has 0 aliphatic carbocycles. The van der Waals surface area contributed by atoms with Crippen molar-refractivity contribution in [2.24, 2.45) is 5.92 Å². The number of hydrogen-bond acceptors (Lipinski definition) is 3. The molecule has 2 unspecified atom stereocenters. The molecule has 2 nitrogen and oxygen atoms in total. The van der Waals surface area contributed by atoms with E-state index in [0.717, 1.165) is 12.0 Å². The van der Waals surface area contributed by atoms with Gasteiger partial charge in [-0.05, 0) is 63.2 Å². The molecule has 1 aliphatic rings. The van der Waals surface area contributed by atoms with Gasteiger partial charge in [0.15, 0.2) is 0 Å². The zero-order valence-electron chi connectivity index (χ0n) is 11.9. The van der Waals surface area contributed by atoms with Gasteiger partial charge in [0.2, 0.25) is 0 Å². The molecule has 1 N–H and O–H groups in total. The average Bonchev–Trinajstić information content (AvgIpc) is 2.34. The summed E-state index contributed by atoms with van der Waals surface area (Å²) in [7, 11) is 0. The summed E-state index contributed by atoms with van der Waals surface area (Å²) in [5, 5.41) is 3.69. The van der Waals surface area contributed by atoms with Crippen LogP contribution in [0.2, 0.25) is 0 Å². The first-order chi connectivity index (χ1) is 8.27. The normalized spacial score (nSPS) is 26.3. The monoisotopic (exact) mass is 258 g/mol. The third-order valence-electron chi connectivity index (χ3n) is 3.72. The van der Waals surface area contributed by atoms with Gasteiger partial charge in [0, 0.05) is 12.6 Å². The van der Waals surface area contributed by atoms with Crippen LogP contribution in [0.4, 0.5) is 0 Å². The van der Waals surface area contributed by atoms with E-state index in [2.05, 4.69) is 30.3 Å². The van der Waals surface area contributed by atoms with E-state index >= 15 is 0 Å². The fourth-order valence-electron chi connectivity index (χ4n) is 2.65. The molecular formula is C14H30N2S. The molecule has 0 aromatic rings. The van der Waals surface area contributed by atoms with Crippen LogP contribution in [0.3, 0.4) is 0 Å². The highest BCUT2D eigenvalue weighted by Gasteiger charge is 2.24. The van der Waals surface area contributed by atoms with Gasteiger partial charge in [-0.15, -0.1) is 0 Å². The molecule has 0 radical (unpaired) electrons. The Bertz CT molecular complexity index is 187. The fourth-order valence-corrected chi connectivity index (χ4v) is 3.14.